The van der Waals surface area contributed by atoms with Crippen LogP contribution in [0.2, 0.25) is 0 Å². The Balaban J connectivity index is 1.56. The fourth-order valence-electron chi connectivity index (χ4n) is 3.61. The minimum Gasteiger partial charge on any atom is -0.455 e. The molecule has 1 aliphatic rings. The minimum atomic E-state index is -0.443. The molecule has 4 rings (SSSR count). The van der Waals surface area contributed by atoms with Crippen LogP contribution >= 0.6 is 0 Å². The third-order valence-corrected chi connectivity index (χ3v) is 5.24. The lowest BCUT2D eigenvalue weighted by atomic mass is 9.93. The normalized spacial score (nSPS) is 14.2. The highest BCUT2D eigenvalue weighted by molar-refractivity contribution is 6.09. The zero-order valence-corrected chi connectivity index (χ0v) is 17.3. The lowest BCUT2D eigenvalue weighted by Crippen LogP contribution is -2.14. The number of carbonyl (C=O) groups excluding carboxylic acids is 1. The van der Waals surface area contributed by atoms with E-state index in [-0.39, 0.29) is 17.4 Å². The Morgan fingerprint density at radius 2 is 1.71 bits per heavy atom. The second-order valence-corrected chi connectivity index (χ2v) is 7.50. The molecule has 1 aliphatic carbocycles. The van der Waals surface area contributed by atoms with Crippen molar-refractivity contribution in [2.75, 3.05) is 10.7 Å². The van der Waals surface area contributed by atoms with Crippen LogP contribution in [0.25, 0.3) is 0 Å². The van der Waals surface area contributed by atoms with Crippen molar-refractivity contribution in [2.45, 2.75) is 33.1 Å². The van der Waals surface area contributed by atoms with Gasteiger partial charge in [-0.2, -0.15) is 5.10 Å². The number of non-ortho nitro benzene ring substituents is 1. The standard InChI is InChI=1S/C23H22N4O4/c1-14-6-8-16(9-7-14)24-23(28)22-15(2)21-19(4-3-5-20(21)31-22)26-25-17-10-12-18(13-11-17)27(29)30/h6-13,25H,3-5H2,1-2H3,(H,24,28)/b26-19+. The largest absolute Gasteiger partial charge is 0.455 e. The molecule has 1 amide bonds. The summed E-state index contributed by atoms with van der Waals surface area (Å²) >= 11 is 0. The number of carbonyl (C=O) groups is 1. The van der Waals surface area contributed by atoms with Gasteiger partial charge in [0.25, 0.3) is 11.6 Å². The molecule has 2 aromatic carbocycles. The van der Waals surface area contributed by atoms with Crippen LogP contribution < -0.4 is 10.7 Å². The van der Waals surface area contributed by atoms with Crippen LogP contribution in [0.15, 0.2) is 58.0 Å². The van der Waals surface area contributed by atoms with Crippen LogP contribution in [-0.4, -0.2) is 16.5 Å². The van der Waals surface area contributed by atoms with Crippen molar-refractivity contribution in [1.29, 1.82) is 0 Å². The molecule has 1 heterocycles. The predicted molar refractivity (Wildman–Crippen MR) is 119 cm³/mol. The van der Waals surface area contributed by atoms with Gasteiger partial charge in [-0.05, 0) is 51.0 Å². The Morgan fingerprint density at radius 3 is 2.39 bits per heavy atom. The van der Waals surface area contributed by atoms with Gasteiger partial charge in [-0.3, -0.25) is 20.3 Å². The van der Waals surface area contributed by atoms with E-state index in [9.17, 15) is 14.9 Å². The van der Waals surface area contributed by atoms with Gasteiger partial charge in [0.2, 0.25) is 0 Å². The average Bonchev–Trinajstić information content (AvgIpc) is 3.11. The first-order chi connectivity index (χ1) is 14.9. The monoisotopic (exact) mass is 418 g/mol. The molecule has 2 N–H and O–H groups in total. The lowest BCUT2D eigenvalue weighted by Gasteiger charge is -2.13. The van der Waals surface area contributed by atoms with E-state index < -0.39 is 4.92 Å². The zero-order valence-electron chi connectivity index (χ0n) is 17.3. The number of fused-ring (bicyclic) bond motifs is 1. The summed E-state index contributed by atoms with van der Waals surface area (Å²) in [5.74, 6) is 0.746. The maximum atomic E-state index is 12.8. The van der Waals surface area contributed by atoms with E-state index in [0.29, 0.717) is 11.4 Å². The number of hydrogen-bond acceptors (Lipinski definition) is 6. The van der Waals surface area contributed by atoms with Crippen LogP contribution in [0.3, 0.4) is 0 Å². The number of benzene rings is 2. The van der Waals surface area contributed by atoms with Gasteiger partial charge in [-0.1, -0.05) is 17.7 Å². The Labute approximate surface area is 179 Å². The van der Waals surface area contributed by atoms with E-state index in [1.807, 2.05) is 38.1 Å². The molecule has 0 fully saturated rings. The highest BCUT2D eigenvalue weighted by Crippen LogP contribution is 2.30. The van der Waals surface area contributed by atoms with Crippen molar-refractivity contribution in [1.82, 2.24) is 0 Å². The molecule has 0 aliphatic heterocycles. The van der Waals surface area contributed by atoms with E-state index in [0.717, 1.165) is 47.4 Å². The van der Waals surface area contributed by atoms with Crippen molar-refractivity contribution in [3.05, 3.63) is 86.9 Å². The predicted octanol–water partition coefficient (Wildman–Crippen LogP) is 5.21. The summed E-state index contributed by atoms with van der Waals surface area (Å²) in [7, 11) is 0. The molecule has 3 aromatic rings. The Morgan fingerprint density at radius 1 is 1.03 bits per heavy atom. The van der Waals surface area contributed by atoms with E-state index >= 15 is 0 Å². The van der Waals surface area contributed by atoms with E-state index in [1.165, 1.54) is 12.1 Å². The number of hydrogen-bond donors (Lipinski definition) is 2. The van der Waals surface area contributed by atoms with Gasteiger partial charge in [0.15, 0.2) is 5.76 Å². The first kappa shape index (κ1) is 20.3. The number of nitrogens with one attached hydrogen (secondary N) is 2. The molecule has 0 spiro atoms. The van der Waals surface area contributed by atoms with Crippen LogP contribution in [0.5, 0.6) is 0 Å². The number of aryl methyl sites for hydroxylation is 2. The molecule has 1 aromatic heterocycles. The molecule has 31 heavy (non-hydrogen) atoms. The van der Waals surface area contributed by atoms with Crippen LogP contribution in [0, 0.1) is 24.0 Å². The molecule has 8 nitrogen and oxygen atoms in total. The SMILES string of the molecule is Cc1ccc(NC(=O)c2oc3c(c2C)/C(=N/Nc2ccc([N+](=O)[O-])cc2)CCC3)cc1. The molecule has 8 heteroatoms. The summed E-state index contributed by atoms with van der Waals surface area (Å²) in [6.07, 6.45) is 2.34. The Hall–Kier alpha value is -3.94. The fraction of sp³-hybridized carbons (Fsp3) is 0.217. The van der Waals surface area contributed by atoms with Gasteiger partial charge < -0.3 is 9.73 Å². The number of nitrogens with zero attached hydrogens (tertiary/aromatic N) is 2. The third kappa shape index (κ3) is 4.32. The Bertz CT molecular complexity index is 1160. The number of nitro groups is 1. The zero-order chi connectivity index (χ0) is 22.0. The van der Waals surface area contributed by atoms with Gasteiger partial charge in [0.1, 0.15) is 5.76 Å². The van der Waals surface area contributed by atoms with Gasteiger partial charge in [0.05, 0.1) is 16.3 Å². The molecular weight excluding hydrogens is 396 g/mol. The second-order valence-electron chi connectivity index (χ2n) is 7.50. The minimum absolute atomic E-state index is 0.0214. The van der Waals surface area contributed by atoms with Crippen LogP contribution in [0.4, 0.5) is 17.1 Å². The summed E-state index contributed by atoms with van der Waals surface area (Å²) in [5, 5.41) is 18.2. The van der Waals surface area contributed by atoms with E-state index in [1.54, 1.807) is 12.1 Å². The van der Waals surface area contributed by atoms with E-state index in [2.05, 4.69) is 15.8 Å². The van der Waals surface area contributed by atoms with Gasteiger partial charge in [0, 0.05) is 35.4 Å². The van der Waals surface area contributed by atoms with E-state index in [4.69, 9.17) is 4.42 Å². The molecule has 0 saturated heterocycles. The van der Waals surface area contributed by atoms with Crippen LogP contribution in [-0.2, 0) is 6.42 Å². The number of furan rings is 1. The molecule has 158 valence electrons. The number of rotatable bonds is 5. The summed E-state index contributed by atoms with van der Waals surface area (Å²) in [5.41, 5.74) is 7.85. The summed E-state index contributed by atoms with van der Waals surface area (Å²) in [6, 6.07) is 13.6. The number of amides is 1. The molecule has 0 bridgehead atoms. The van der Waals surface area contributed by atoms with Crippen molar-refractivity contribution < 1.29 is 14.1 Å². The molecule has 0 unspecified atom stereocenters. The fourth-order valence-corrected chi connectivity index (χ4v) is 3.61. The average molecular weight is 418 g/mol. The first-order valence-electron chi connectivity index (χ1n) is 10.00. The first-order valence-corrected chi connectivity index (χ1v) is 10.00. The van der Waals surface area contributed by atoms with Gasteiger partial charge in [-0.15, -0.1) is 0 Å². The number of hydrazone groups is 1. The summed E-state index contributed by atoms with van der Waals surface area (Å²) in [6.45, 7) is 3.85. The highest BCUT2D eigenvalue weighted by atomic mass is 16.6. The third-order valence-electron chi connectivity index (χ3n) is 5.24. The van der Waals surface area contributed by atoms with Gasteiger partial charge >= 0.3 is 0 Å². The highest BCUT2D eigenvalue weighted by Gasteiger charge is 2.28. The summed E-state index contributed by atoms with van der Waals surface area (Å²) in [4.78, 5) is 23.1. The smallest absolute Gasteiger partial charge is 0.291 e. The molecule has 0 saturated carbocycles. The topological polar surface area (TPSA) is 110 Å². The maximum Gasteiger partial charge on any atom is 0.291 e. The lowest BCUT2D eigenvalue weighted by molar-refractivity contribution is -0.384. The van der Waals surface area contributed by atoms with Crippen molar-refractivity contribution in [3.8, 4) is 0 Å². The van der Waals surface area contributed by atoms with Crippen molar-refractivity contribution in [2.24, 2.45) is 5.10 Å². The quantitative estimate of drug-likeness (QED) is 0.437. The molecular formula is C23H22N4O4. The number of nitro benzene ring substituents is 1. The molecule has 0 atom stereocenters. The van der Waals surface area contributed by atoms with Crippen molar-refractivity contribution in [3.63, 3.8) is 0 Å². The molecule has 0 radical (unpaired) electrons. The maximum absolute atomic E-state index is 12.8. The van der Waals surface area contributed by atoms with Crippen LogP contribution in [0.1, 0.15) is 45.8 Å². The van der Waals surface area contributed by atoms with Crippen molar-refractivity contribution >= 4 is 28.7 Å². The second kappa shape index (κ2) is 8.43. The Kier molecular flexibility index (Phi) is 5.53. The van der Waals surface area contributed by atoms with Gasteiger partial charge in [-0.25, -0.2) is 0 Å². The number of anilines is 2. The summed E-state index contributed by atoms with van der Waals surface area (Å²) < 4.78 is 5.92.